The molecule has 6 nitrogen and oxygen atoms in total. The van der Waals surface area contributed by atoms with Gasteiger partial charge in [0.05, 0.1) is 5.69 Å². The number of nitrogens with zero attached hydrogens (tertiary/aromatic N) is 1. The molecule has 0 spiro atoms. The van der Waals surface area contributed by atoms with Crippen LogP contribution in [-0.4, -0.2) is 31.3 Å². The predicted octanol–water partition coefficient (Wildman–Crippen LogP) is 3.94. The third-order valence-electron chi connectivity index (χ3n) is 4.98. The molecule has 0 unspecified atom stereocenters. The van der Waals surface area contributed by atoms with Crippen LogP contribution in [0.25, 0.3) is 0 Å². The van der Waals surface area contributed by atoms with Gasteiger partial charge in [-0.25, -0.2) is 0 Å². The van der Waals surface area contributed by atoms with Gasteiger partial charge in [0.15, 0.2) is 12.4 Å². The number of amides is 2. The van der Waals surface area contributed by atoms with Crippen molar-refractivity contribution in [2.24, 2.45) is 0 Å². The number of hydrogen-bond donors (Lipinski definition) is 1. The maximum absolute atomic E-state index is 12.5. The van der Waals surface area contributed by atoms with Gasteiger partial charge in [-0.3, -0.25) is 14.4 Å². The third-order valence-corrected chi connectivity index (χ3v) is 4.98. The number of ether oxygens (including phenoxy) is 1. The smallest absolute Gasteiger partial charge is 0.264 e. The van der Waals surface area contributed by atoms with E-state index < -0.39 is 0 Å². The van der Waals surface area contributed by atoms with Gasteiger partial charge in [0, 0.05) is 31.1 Å². The molecule has 1 aliphatic rings. The number of benzene rings is 2. The van der Waals surface area contributed by atoms with Gasteiger partial charge in [-0.2, -0.15) is 0 Å². The second-order valence-electron chi connectivity index (χ2n) is 8.22. The zero-order valence-corrected chi connectivity index (χ0v) is 17.2. The predicted molar refractivity (Wildman–Crippen MR) is 113 cm³/mol. The lowest BCUT2D eigenvalue weighted by Crippen LogP contribution is -2.35. The third kappa shape index (κ3) is 4.83. The molecule has 0 radical (unpaired) electrons. The van der Waals surface area contributed by atoms with E-state index in [4.69, 9.17) is 4.74 Å². The van der Waals surface area contributed by atoms with E-state index in [1.54, 1.807) is 25.2 Å². The summed E-state index contributed by atoms with van der Waals surface area (Å²) in [6.45, 7) is 6.39. The highest BCUT2D eigenvalue weighted by atomic mass is 16.5. The largest absolute Gasteiger partial charge is 0.482 e. The first-order valence-electron chi connectivity index (χ1n) is 9.62. The summed E-state index contributed by atoms with van der Waals surface area (Å²) < 4.78 is 5.37. The number of likely N-dealkylation sites (N-methyl/N-ethyl adjacent to an activating group) is 1. The van der Waals surface area contributed by atoms with E-state index in [0.717, 1.165) is 0 Å². The van der Waals surface area contributed by atoms with Crippen molar-refractivity contribution < 1.29 is 19.1 Å². The summed E-state index contributed by atoms with van der Waals surface area (Å²) >= 11 is 0. The molecule has 152 valence electrons. The number of Topliss-reactive ketones (excluding diaryl/α,β-unsaturated/α-hetero) is 1. The summed E-state index contributed by atoms with van der Waals surface area (Å²) in [6.07, 6.45) is 0.172. The standard InChI is InChI=1S/C23H26N2O4/c1-23(2,3)16-6-8-17(9-7-16)24-21(27)12-10-19(26)15-5-11-20-18(13-15)25(4)22(28)14-29-20/h5-9,11,13H,10,12,14H2,1-4H3,(H,24,27). The minimum Gasteiger partial charge on any atom is -0.482 e. The van der Waals surface area contributed by atoms with Crippen molar-refractivity contribution in [2.45, 2.75) is 39.0 Å². The van der Waals surface area contributed by atoms with E-state index >= 15 is 0 Å². The van der Waals surface area contributed by atoms with Crippen LogP contribution in [0.4, 0.5) is 11.4 Å². The summed E-state index contributed by atoms with van der Waals surface area (Å²) in [5.41, 5.74) is 2.96. The average Bonchev–Trinajstić information content (AvgIpc) is 2.68. The molecular weight excluding hydrogens is 368 g/mol. The summed E-state index contributed by atoms with van der Waals surface area (Å²) in [5.74, 6) is 0.0342. The molecular formula is C23H26N2O4. The SMILES string of the molecule is CN1C(=O)COc2ccc(C(=O)CCC(=O)Nc3ccc(C(C)(C)C)cc3)cc21. The molecule has 0 fully saturated rings. The van der Waals surface area contributed by atoms with Crippen LogP contribution in [0.5, 0.6) is 5.75 Å². The average molecular weight is 394 g/mol. The maximum Gasteiger partial charge on any atom is 0.264 e. The first-order chi connectivity index (χ1) is 13.6. The molecule has 6 heteroatoms. The Labute approximate surface area is 170 Å². The van der Waals surface area contributed by atoms with Crippen LogP contribution in [0.15, 0.2) is 42.5 Å². The fourth-order valence-corrected chi connectivity index (χ4v) is 3.09. The number of ketones is 1. The van der Waals surface area contributed by atoms with Crippen LogP contribution < -0.4 is 15.0 Å². The number of rotatable bonds is 5. The highest BCUT2D eigenvalue weighted by Gasteiger charge is 2.23. The molecule has 0 atom stereocenters. The first kappa shape index (κ1) is 20.6. The van der Waals surface area contributed by atoms with Gasteiger partial charge in [0.1, 0.15) is 5.75 Å². The normalized spacial score (nSPS) is 13.5. The lowest BCUT2D eigenvalue weighted by atomic mass is 9.87. The Morgan fingerprint density at radius 1 is 1.07 bits per heavy atom. The van der Waals surface area contributed by atoms with Gasteiger partial charge in [0.2, 0.25) is 5.91 Å². The Hall–Kier alpha value is -3.15. The Morgan fingerprint density at radius 3 is 2.41 bits per heavy atom. The second-order valence-corrected chi connectivity index (χ2v) is 8.22. The molecule has 2 aromatic carbocycles. The summed E-state index contributed by atoms with van der Waals surface area (Å²) in [7, 11) is 1.65. The number of hydrogen-bond acceptors (Lipinski definition) is 4. The molecule has 2 aromatic rings. The zero-order chi connectivity index (χ0) is 21.2. The zero-order valence-electron chi connectivity index (χ0n) is 17.2. The van der Waals surface area contributed by atoms with Crippen molar-refractivity contribution in [1.82, 2.24) is 0 Å². The Bertz CT molecular complexity index is 942. The Balaban J connectivity index is 1.58. The fourth-order valence-electron chi connectivity index (χ4n) is 3.09. The van der Waals surface area contributed by atoms with Gasteiger partial charge >= 0.3 is 0 Å². The molecule has 1 heterocycles. The molecule has 0 aromatic heterocycles. The molecule has 1 aliphatic heterocycles. The number of carbonyl (C=O) groups is 3. The van der Waals surface area contributed by atoms with Crippen molar-refractivity contribution in [3.05, 3.63) is 53.6 Å². The van der Waals surface area contributed by atoms with Crippen molar-refractivity contribution in [3.8, 4) is 5.75 Å². The van der Waals surface area contributed by atoms with Gasteiger partial charge in [0.25, 0.3) is 5.91 Å². The molecule has 2 amide bonds. The number of anilines is 2. The van der Waals surface area contributed by atoms with Crippen LogP contribution in [0.3, 0.4) is 0 Å². The first-order valence-corrected chi connectivity index (χ1v) is 9.62. The highest BCUT2D eigenvalue weighted by Crippen LogP contribution is 2.32. The van der Waals surface area contributed by atoms with Crippen LogP contribution in [0.1, 0.15) is 49.5 Å². The number of nitrogens with one attached hydrogen (secondary N) is 1. The van der Waals surface area contributed by atoms with Crippen molar-refractivity contribution in [1.29, 1.82) is 0 Å². The van der Waals surface area contributed by atoms with Crippen LogP contribution in [-0.2, 0) is 15.0 Å². The molecule has 0 saturated heterocycles. The lowest BCUT2D eigenvalue weighted by Gasteiger charge is -2.26. The van der Waals surface area contributed by atoms with E-state index in [2.05, 4.69) is 26.1 Å². The monoisotopic (exact) mass is 394 g/mol. The van der Waals surface area contributed by atoms with Crippen LogP contribution in [0.2, 0.25) is 0 Å². The second kappa shape index (κ2) is 8.07. The van der Waals surface area contributed by atoms with E-state index in [9.17, 15) is 14.4 Å². The molecule has 29 heavy (non-hydrogen) atoms. The Kier molecular flexibility index (Phi) is 5.73. The van der Waals surface area contributed by atoms with Crippen LogP contribution >= 0.6 is 0 Å². The topological polar surface area (TPSA) is 75.7 Å². The van der Waals surface area contributed by atoms with Crippen molar-refractivity contribution >= 4 is 29.0 Å². The molecule has 1 N–H and O–H groups in total. The van der Waals surface area contributed by atoms with Crippen molar-refractivity contribution in [2.75, 3.05) is 23.9 Å². The minimum atomic E-state index is -0.213. The van der Waals surface area contributed by atoms with Gasteiger partial charge < -0.3 is 15.0 Å². The lowest BCUT2D eigenvalue weighted by molar-refractivity contribution is -0.121. The summed E-state index contributed by atoms with van der Waals surface area (Å²) in [4.78, 5) is 38.0. The van der Waals surface area contributed by atoms with Crippen molar-refractivity contribution in [3.63, 3.8) is 0 Å². The van der Waals surface area contributed by atoms with E-state index in [1.807, 2.05) is 24.3 Å². The molecule has 3 rings (SSSR count). The van der Waals surface area contributed by atoms with E-state index in [1.165, 1.54) is 10.5 Å². The summed E-state index contributed by atoms with van der Waals surface area (Å²) in [5, 5.41) is 2.83. The van der Waals surface area contributed by atoms with Gasteiger partial charge in [-0.1, -0.05) is 32.9 Å². The quantitative estimate of drug-likeness (QED) is 0.780. The molecule has 0 saturated carbocycles. The van der Waals surface area contributed by atoms with Crippen LogP contribution in [0, 0.1) is 0 Å². The molecule has 0 bridgehead atoms. The van der Waals surface area contributed by atoms with E-state index in [-0.39, 0.29) is 42.5 Å². The van der Waals surface area contributed by atoms with Gasteiger partial charge in [-0.15, -0.1) is 0 Å². The molecule has 0 aliphatic carbocycles. The van der Waals surface area contributed by atoms with E-state index in [0.29, 0.717) is 22.7 Å². The highest BCUT2D eigenvalue weighted by molar-refractivity contribution is 6.03. The fraction of sp³-hybridized carbons (Fsp3) is 0.348. The maximum atomic E-state index is 12.5. The number of fused-ring (bicyclic) bond motifs is 1. The Morgan fingerprint density at radius 2 is 1.76 bits per heavy atom. The summed E-state index contributed by atoms with van der Waals surface area (Å²) in [6, 6.07) is 12.7. The minimum absolute atomic E-state index is 0.00625. The van der Waals surface area contributed by atoms with Gasteiger partial charge in [-0.05, 0) is 41.3 Å². The number of carbonyl (C=O) groups excluding carboxylic acids is 3.